The Kier molecular flexibility index (Phi) is 3.73. The molecule has 5 nitrogen and oxygen atoms in total. The summed E-state index contributed by atoms with van der Waals surface area (Å²) in [6.45, 7) is 0.376. The predicted octanol–water partition coefficient (Wildman–Crippen LogP) is 2.15. The van der Waals surface area contributed by atoms with Crippen LogP contribution in [-0.2, 0) is 0 Å². The van der Waals surface area contributed by atoms with Gasteiger partial charge in [-0.15, -0.1) is 0 Å². The maximum absolute atomic E-state index is 10.9. The van der Waals surface area contributed by atoms with Crippen molar-refractivity contribution < 1.29 is 15.0 Å². The largest absolute Gasteiger partial charge is 0.478 e. The fourth-order valence-corrected chi connectivity index (χ4v) is 2.35. The summed E-state index contributed by atoms with van der Waals surface area (Å²) in [6.07, 6.45) is 4.87. The lowest BCUT2D eigenvalue weighted by molar-refractivity contribution is 0.0614. The number of aromatic carboxylic acids is 1. The lowest BCUT2D eigenvalue weighted by Crippen LogP contribution is -2.33. The Labute approximate surface area is 110 Å². The summed E-state index contributed by atoms with van der Waals surface area (Å²) in [7, 11) is 0. The molecule has 0 unspecified atom stereocenters. The topological polar surface area (TPSA) is 82.5 Å². The van der Waals surface area contributed by atoms with E-state index in [-0.39, 0.29) is 10.6 Å². The van der Waals surface area contributed by atoms with Gasteiger partial charge in [-0.25, -0.2) is 9.78 Å². The van der Waals surface area contributed by atoms with Crippen molar-refractivity contribution in [2.75, 3.05) is 11.9 Å². The van der Waals surface area contributed by atoms with Crippen LogP contribution in [0, 0.1) is 0 Å². The van der Waals surface area contributed by atoms with Crippen LogP contribution in [0.15, 0.2) is 12.3 Å². The van der Waals surface area contributed by atoms with Crippen LogP contribution in [-0.4, -0.2) is 33.3 Å². The molecule has 0 radical (unpaired) electrons. The zero-order chi connectivity index (χ0) is 13.2. The van der Waals surface area contributed by atoms with E-state index in [9.17, 15) is 9.90 Å². The van der Waals surface area contributed by atoms with Crippen LogP contribution >= 0.6 is 11.6 Å². The van der Waals surface area contributed by atoms with E-state index in [0.29, 0.717) is 12.4 Å². The van der Waals surface area contributed by atoms with Crippen LogP contribution in [0.5, 0.6) is 0 Å². The Hall–Kier alpha value is -1.33. The van der Waals surface area contributed by atoms with E-state index in [4.69, 9.17) is 16.7 Å². The lowest BCUT2D eigenvalue weighted by Gasteiger charge is -2.22. The Bertz CT molecular complexity index is 459. The number of carbonyl (C=O) groups is 1. The molecule has 1 aliphatic carbocycles. The quantitative estimate of drug-likeness (QED) is 0.781. The highest BCUT2D eigenvalue weighted by atomic mass is 35.5. The second-order valence-corrected chi connectivity index (χ2v) is 5.05. The molecule has 0 aliphatic heterocycles. The molecule has 1 heterocycles. The number of halogens is 1. The van der Waals surface area contributed by atoms with Gasteiger partial charge in [-0.2, -0.15) is 0 Å². The van der Waals surface area contributed by atoms with Gasteiger partial charge in [-0.1, -0.05) is 24.4 Å². The Balaban J connectivity index is 2.05. The smallest absolute Gasteiger partial charge is 0.337 e. The maximum Gasteiger partial charge on any atom is 0.337 e. The van der Waals surface area contributed by atoms with E-state index in [1.807, 2.05) is 0 Å². The zero-order valence-corrected chi connectivity index (χ0v) is 10.6. The van der Waals surface area contributed by atoms with Crippen molar-refractivity contribution in [1.82, 2.24) is 4.98 Å². The summed E-state index contributed by atoms with van der Waals surface area (Å²) in [6, 6.07) is 1.38. The fourth-order valence-electron chi connectivity index (χ4n) is 2.16. The van der Waals surface area contributed by atoms with E-state index in [0.717, 1.165) is 25.7 Å². The third-order valence-corrected chi connectivity index (χ3v) is 3.52. The summed E-state index contributed by atoms with van der Waals surface area (Å²) in [4.78, 5) is 14.9. The van der Waals surface area contributed by atoms with Crippen molar-refractivity contribution >= 4 is 23.4 Å². The number of rotatable bonds is 4. The number of aromatic nitrogens is 1. The molecule has 0 atom stereocenters. The van der Waals surface area contributed by atoms with Crippen molar-refractivity contribution in [2.45, 2.75) is 31.3 Å². The standard InChI is InChI=1S/C12H15ClN2O3/c13-9-6-14-10(5-8(9)11(16)17)15-7-12(18)3-1-2-4-12/h5-6,18H,1-4,7H2,(H,14,15)(H,16,17). The van der Waals surface area contributed by atoms with Gasteiger partial charge in [0.25, 0.3) is 0 Å². The second-order valence-electron chi connectivity index (χ2n) is 4.64. The minimum atomic E-state index is -1.09. The molecule has 6 heteroatoms. The number of nitrogens with zero attached hydrogens (tertiary/aromatic N) is 1. The molecule has 18 heavy (non-hydrogen) atoms. The fraction of sp³-hybridized carbons (Fsp3) is 0.500. The van der Waals surface area contributed by atoms with Gasteiger partial charge in [0, 0.05) is 12.7 Å². The van der Waals surface area contributed by atoms with Crippen LogP contribution in [0.3, 0.4) is 0 Å². The third-order valence-electron chi connectivity index (χ3n) is 3.22. The number of carboxylic acid groups (broad SMARTS) is 1. The molecule has 2 rings (SSSR count). The first kappa shape index (κ1) is 13.1. The van der Waals surface area contributed by atoms with E-state index < -0.39 is 11.6 Å². The second kappa shape index (κ2) is 5.12. The summed E-state index contributed by atoms with van der Waals surface area (Å²) in [5.74, 6) is -0.679. The molecule has 1 aromatic heterocycles. The van der Waals surface area contributed by atoms with Crippen molar-refractivity contribution in [1.29, 1.82) is 0 Å². The zero-order valence-electron chi connectivity index (χ0n) is 9.82. The lowest BCUT2D eigenvalue weighted by atomic mass is 10.0. The molecule has 0 amide bonds. The van der Waals surface area contributed by atoms with Gasteiger partial charge in [0.2, 0.25) is 0 Å². The van der Waals surface area contributed by atoms with Gasteiger partial charge in [0.15, 0.2) is 0 Å². The Morgan fingerprint density at radius 3 is 2.78 bits per heavy atom. The number of aliphatic hydroxyl groups is 1. The molecule has 3 N–H and O–H groups in total. The Morgan fingerprint density at radius 2 is 2.17 bits per heavy atom. The van der Waals surface area contributed by atoms with Crippen molar-refractivity contribution in [3.63, 3.8) is 0 Å². The molecular formula is C12H15ClN2O3. The number of hydrogen-bond donors (Lipinski definition) is 3. The molecule has 1 aromatic rings. The summed E-state index contributed by atoms with van der Waals surface area (Å²) >= 11 is 5.73. The van der Waals surface area contributed by atoms with Gasteiger partial charge in [0.05, 0.1) is 16.2 Å². The van der Waals surface area contributed by atoms with E-state index in [1.165, 1.54) is 12.3 Å². The highest BCUT2D eigenvalue weighted by molar-refractivity contribution is 6.33. The predicted molar refractivity (Wildman–Crippen MR) is 68.1 cm³/mol. The average molecular weight is 271 g/mol. The Morgan fingerprint density at radius 1 is 1.50 bits per heavy atom. The van der Waals surface area contributed by atoms with Crippen LogP contribution in [0.2, 0.25) is 5.02 Å². The highest BCUT2D eigenvalue weighted by Gasteiger charge is 2.30. The third kappa shape index (κ3) is 2.91. The number of nitrogens with one attached hydrogen (secondary N) is 1. The first-order valence-electron chi connectivity index (χ1n) is 5.85. The van der Waals surface area contributed by atoms with E-state index in [2.05, 4.69) is 10.3 Å². The maximum atomic E-state index is 10.9. The molecule has 1 saturated carbocycles. The molecule has 1 fully saturated rings. The minimum Gasteiger partial charge on any atom is -0.478 e. The number of anilines is 1. The first-order valence-corrected chi connectivity index (χ1v) is 6.23. The van der Waals surface area contributed by atoms with Crippen LogP contribution in [0.1, 0.15) is 36.0 Å². The van der Waals surface area contributed by atoms with Gasteiger partial charge in [-0.05, 0) is 18.9 Å². The van der Waals surface area contributed by atoms with E-state index in [1.54, 1.807) is 0 Å². The SMILES string of the molecule is O=C(O)c1cc(NCC2(O)CCCC2)ncc1Cl. The molecular weight excluding hydrogens is 256 g/mol. The molecule has 0 aromatic carbocycles. The summed E-state index contributed by atoms with van der Waals surface area (Å²) in [5.41, 5.74) is -0.697. The van der Waals surface area contributed by atoms with Crippen molar-refractivity contribution in [2.24, 2.45) is 0 Å². The van der Waals surface area contributed by atoms with Gasteiger partial charge in [-0.3, -0.25) is 0 Å². The highest BCUT2D eigenvalue weighted by Crippen LogP contribution is 2.29. The minimum absolute atomic E-state index is 0.00702. The monoisotopic (exact) mass is 270 g/mol. The molecule has 0 spiro atoms. The number of pyridine rings is 1. The summed E-state index contributed by atoms with van der Waals surface area (Å²) < 4.78 is 0. The molecule has 98 valence electrons. The van der Waals surface area contributed by atoms with Crippen LogP contribution < -0.4 is 5.32 Å². The van der Waals surface area contributed by atoms with Crippen molar-refractivity contribution in [3.05, 3.63) is 22.8 Å². The van der Waals surface area contributed by atoms with Crippen LogP contribution in [0.4, 0.5) is 5.82 Å². The van der Waals surface area contributed by atoms with Gasteiger partial charge >= 0.3 is 5.97 Å². The van der Waals surface area contributed by atoms with Crippen LogP contribution in [0.25, 0.3) is 0 Å². The molecule has 0 bridgehead atoms. The number of carboxylic acids is 1. The average Bonchev–Trinajstić information content (AvgIpc) is 2.75. The van der Waals surface area contributed by atoms with Gasteiger partial charge in [0.1, 0.15) is 5.82 Å². The van der Waals surface area contributed by atoms with Gasteiger partial charge < -0.3 is 15.5 Å². The van der Waals surface area contributed by atoms with E-state index >= 15 is 0 Å². The molecule has 0 saturated heterocycles. The first-order chi connectivity index (χ1) is 8.50. The number of hydrogen-bond acceptors (Lipinski definition) is 4. The van der Waals surface area contributed by atoms with Crippen molar-refractivity contribution in [3.8, 4) is 0 Å². The normalized spacial score (nSPS) is 17.7. The molecule has 1 aliphatic rings. The summed E-state index contributed by atoms with van der Waals surface area (Å²) in [5, 5.41) is 22.2.